The van der Waals surface area contributed by atoms with Crippen LogP contribution < -0.4 is 0 Å². The summed E-state index contributed by atoms with van der Waals surface area (Å²) in [6, 6.07) is 0.660. The number of rotatable bonds is 2. The molecule has 2 heterocycles. The average molecular weight is 194 g/mol. The lowest BCUT2D eigenvalue weighted by Crippen LogP contribution is -2.43. The quantitative estimate of drug-likeness (QED) is 0.496. The van der Waals surface area contributed by atoms with Crippen LogP contribution >= 0.6 is 0 Å². The van der Waals surface area contributed by atoms with Crippen LogP contribution in [0.1, 0.15) is 25.7 Å². The Hall–Kier alpha value is -0.990. The first-order valence-electron chi connectivity index (χ1n) is 5.41. The van der Waals surface area contributed by atoms with Gasteiger partial charge in [-0.25, -0.2) is 0 Å². The van der Waals surface area contributed by atoms with Gasteiger partial charge in [-0.3, -0.25) is 0 Å². The van der Waals surface area contributed by atoms with Crippen molar-refractivity contribution in [2.75, 3.05) is 13.7 Å². The molecule has 0 radical (unpaired) electrons. The maximum atomic E-state index is 4.75. The van der Waals surface area contributed by atoms with E-state index in [2.05, 4.69) is 22.3 Å². The summed E-state index contributed by atoms with van der Waals surface area (Å²) in [4.78, 5) is 7.21. The number of hydrogen-bond acceptors (Lipinski definition) is 3. The van der Waals surface area contributed by atoms with Gasteiger partial charge < -0.3 is 9.74 Å². The summed E-state index contributed by atoms with van der Waals surface area (Å²) >= 11 is 0. The Morgan fingerprint density at radius 2 is 2.43 bits per heavy atom. The molecule has 0 aromatic heterocycles. The van der Waals surface area contributed by atoms with Gasteiger partial charge in [0.25, 0.3) is 0 Å². The van der Waals surface area contributed by atoms with Crippen LogP contribution in [0, 0.1) is 5.92 Å². The fourth-order valence-electron chi connectivity index (χ4n) is 2.43. The number of fused-ring (bicyclic) bond motifs is 1. The predicted octanol–water partition coefficient (Wildman–Crippen LogP) is 2.01. The number of oxime groups is 1. The zero-order valence-electron chi connectivity index (χ0n) is 8.72. The van der Waals surface area contributed by atoms with E-state index in [-0.39, 0.29) is 0 Å². The molecule has 0 aromatic carbocycles. The van der Waals surface area contributed by atoms with Crippen molar-refractivity contribution in [3.8, 4) is 0 Å². The Morgan fingerprint density at radius 3 is 3.29 bits per heavy atom. The van der Waals surface area contributed by atoms with Crippen LogP contribution in [-0.2, 0) is 4.84 Å². The first kappa shape index (κ1) is 9.56. The van der Waals surface area contributed by atoms with Crippen molar-refractivity contribution in [3.05, 3.63) is 12.3 Å². The maximum Gasteiger partial charge on any atom is 0.106 e. The molecule has 0 spiro atoms. The summed E-state index contributed by atoms with van der Waals surface area (Å²) in [5, 5.41) is 3.90. The van der Waals surface area contributed by atoms with Crippen molar-refractivity contribution in [1.29, 1.82) is 0 Å². The maximum absolute atomic E-state index is 4.75. The van der Waals surface area contributed by atoms with Crippen LogP contribution in [0.5, 0.6) is 0 Å². The van der Waals surface area contributed by atoms with Gasteiger partial charge in [0.1, 0.15) is 7.11 Å². The molecule has 2 atom stereocenters. The van der Waals surface area contributed by atoms with Gasteiger partial charge in [-0.2, -0.15) is 0 Å². The standard InChI is InChI=1S/C11H18N2O/c1-14-12-9-10-5-4-8-13-7-3-2-6-11(10)13/h4,8-11H,2-3,5-7H2,1H3/b12-9+/t10-,11+/m1/s1. The molecule has 2 rings (SSSR count). The lowest BCUT2D eigenvalue weighted by Gasteiger charge is -2.40. The van der Waals surface area contributed by atoms with Gasteiger partial charge in [-0.15, -0.1) is 0 Å². The second-order valence-electron chi connectivity index (χ2n) is 4.02. The van der Waals surface area contributed by atoms with Crippen molar-refractivity contribution in [2.45, 2.75) is 31.7 Å². The zero-order chi connectivity index (χ0) is 9.80. The van der Waals surface area contributed by atoms with E-state index in [4.69, 9.17) is 4.84 Å². The van der Waals surface area contributed by atoms with Gasteiger partial charge in [0.05, 0.1) is 0 Å². The third kappa shape index (κ3) is 1.91. The summed E-state index contributed by atoms with van der Waals surface area (Å²) in [6.07, 6.45) is 11.5. The molecular weight excluding hydrogens is 176 g/mol. The Kier molecular flexibility index (Phi) is 3.07. The molecule has 78 valence electrons. The van der Waals surface area contributed by atoms with Crippen LogP contribution in [0.4, 0.5) is 0 Å². The second-order valence-corrected chi connectivity index (χ2v) is 4.02. The Morgan fingerprint density at radius 1 is 1.50 bits per heavy atom. The van der Waals surface area contributed by atoms with E-state index in [1.807, 2.05) is 6.21 Å². The van der Waals surface area contributed by atoms with Crippen LogP contribution in [0.15, 0.2) is 17.4 Å². The van der Waals surface area contributed by atoms with E-state index in [0.29, 0.717) is 12.0 Å². The van der Waals surface area contributed by atoms with Crippen molar-refractivity contribution in [2.24, 2.45) is 11.1 Å². The summed E-state index contributed by atoms with van der Waals surface area (Å²) < 4.78 is 0. The molecule has 0 unspecified atom stereocenters. The van der Waals surface area contributed by atoms with Crippen LogP contribution in [0.25, 0.3) is 0 Å². The molecule has 0 amide bonds. The van der Waals surface area contributed by atoms with E-state index in [9.17, 15) is 0 Å². The van der Waals surface area contributed by atoms with E-state index in [0.717, 1.165) is 6.42 Å². The first-order valence-corrected chi connectivity index (χ1v) is 5.41. The van der Waals surface area contributed by atoms with Gasteiger partial charge in [-0.05, 0) is 31.9 Å². The number of hydrogen-bond donors (Lipinski definition) is 0. The lowest BCUT2D eigenvalue weighted by atomic mass is 9.87. The summed E-state index contributed by atoms with van der Waals surface area (Å²) in [6.45, 7) is 1.21. The van der Waals surface area contributed by atoms with Crippen LogP contribution in [0.2, 0.25) is 0 Å². The highest BCUT2D eigenvalue weighted by Gasteiger charge is 2.28. The molecule has 1 fully saturated rings. The number of nitrogens with zero attached hydrogens (tertiary/aromatic N) is 2. The lowest BCUT2D eigenvalue weighted by molar-refractivity contribution is 0.164. The molecule has 0 bridgehead atoms. The molecule has 3 heteroatoms. The Bertz CT molecular complexity index is 237. The highest BCUT2D eigenvalue weighted by molar-refractivity contribution is 5.61. The Labute approximate surface area is 85.4 Å². The van der Waals surface area contributed by atoms with Gasteiger partial charge in [-0.1, -0.05) is 11.2 Å². The van der Waals surface area contributed by atoms with Gasteiger partial charge in [0.15, 0.2) is 0 Å². The molecular formula is C11H18N2O. The first-order chi connectivity index (χ1) is 6.92. The Balaban J connectivity index is 2.03. The zero-order valence-corrected chi connectivity index (χ0v) is 8.72. The normalized spacial score (nSPS) is 31.9. The molecule has 0 N–H and O–H groups in total. The third-order valence-corrected chi connectivity index (χ3v) is 3.15. The molecule has 1 saturated heterocycles. The highest BCUT2D eigenvalue weighted by atomic mass is 16.6. The van der Waals surface area contributed by atoms with Crippen molar-refractivity contribution >= 4 is 6.21 Å². The minimum atomic E-state index is 0.542. The third-order valence-electron chi connectivity index (χ3n) is 3.15. The predicted molar refractivity (Wildman–Crippen MR) is 57.1 cm³/mol. The van der Waals surface area contributed by atoms with Gasteiger partial charge >= 0.3 is 0 Å². The largest absolute Gasteiger partial charge is 0.399 e. The second kappa shape index (κ2) is 4.49. The monoisotopic (exact) mass is 194 g/mol. The fourth-order valence-corrected chi connectivity index (χ4v) is 2.43. The number of allylic oxidation sites excluding steroid dienone is 1. The van der Waals surface area contributed by atoms with E-state index < -0.39 is 0 Å². The fraction of sp³-hybridized carbons (Fsp3) is 0.727. The molecule has 2 aliphatic rings. The van der Waals surface area contributed by atoms with Gasteiger partial charge in [0.2, 0.25) is 0 Å². The SMILES string of the molecule is CO/N=C/[C@H]1CC=CN2CCCC[C@@H]12. The molecule has 14 heavy (non-hydrogen) atoms. The average Bonchev–Trinajstić information content (AvgIpc) is 2.26. The molecule has 0 aromatic rings. The number of piperidine rings is 1. The molecule has 0 saturated carbocycles. The summed E-state index contributed by atoms with van der Waals surface area (Å²) in [5.74, 6) is 0.542. The van der Waals surface area contributed by atoms with Gasteiger partial charge in [0, 0.05) is 24.7 Å². The molecule has 3 nitrogen and oxygen atoms in total. The molecule has 2 aliphatic heterocycles. The summed E-state index contributed by atoms with van der Waals surface area (Å²) in [5.41, 5.74) is 0. The van der Waals surface area contributed by atoms with E-state index >= 15 is 0 Å². The van der Waals surface area contributed by atoms with Crippen molar-refractivity contribution in [1.82, 2.24) is 4.90 Å². The minimum absolute atomic E-state index is 0.542. The smallest absolute Gasteiger partial charge is 0.106 e. The highest BCUT2D eigenvalue weighted by Crippen LogP contribution is 2.28. The van der Waals surface area contributed by atoms with Crippen molar-refractivity contribution in [3.63, 3.8) is 0 Å². The van der Waals surface area contributed by atoms with Crippen LogP contribution in [-0.4, -0.2) is 30.8 Å². The van der Waals surface area contributed by atoms with Crippen molar-refractivity contribution < 1.29 is 4.84 Å². The van der Waals surface area contributed by atoms with E-state index in [1.165, 1.54) is 25.8 Å². The summed E-state index contributed by atoms with van der Waals surface area (Å²) in [7, 11) is 1.60. The topological polar surface area (TPSA) is 24.8 Å². The molecule has 0 aliphatic carbocycles. The minimum Gasteiger partial charge on any atom is -0.399 e. The van der Waals surface area contributed by atoms with E-state index in [1.54, 1.807) is 7.11 Å². The van der Waals surface area contributed by atoms with Crippen LogP contribution in [0.3, 0.4) is 0 Å².